The van der Waals surface area contributed by atoms with E-state index in [1.807, 2.05) is 45.0 Å². The van der Waals surface area contributed by atoms with E-state index in [9.17, 15) is 26.4 Å². The van der Waals surface area contributed by atoms with Gasteiger partial charge in [-0.2, -0.15) is 9.03 Å². The lowest BCUT2D eigenvalue weighted by molar-refractivity contribution is -0.123. The van der Waals surface area contributed by atoms with Crippen molar-refractivity contribution in [3.8, 4) is 0 Å². The number of carbonyl (C=O) groups excluding carboxylic acids is 2. The van der Waals surface area contributed by atoms with Crippen LogP contribution < -0.4 is 15.8 Å². The number of nitrogens with two attached hydrogens (primary N) is 1. The lowest BCUT2D eigenvalue weighted by atomic mass is 10.0. The molecule has 1 aromatic heterocycles. The Labute approximate surface area is 277 Å². The standard InChI is InChI=1S/C34H43N5O6S2/c1-24(2)23-39(47(44,45)28-18-16-25(3)17-19-28)32(33(35)40)15-9-10-20-36-34(41)31(38-46(42,43)27-11-5-4-6-12-27)21-26-22-37-30-14-8-7-13-29(26)30/h4-8,11-14,16-19,22,24,31-32,37-38H,9-10,15,20-21,23H2,1-3H3,(H2,35,40)(H,36,41)/t31-,32-/m0/s1. The summed E-state index contributed by atoms with van der Waals surface area (Å²) in [6.45, 7) is 5.87. The molecule has 0 saturated heterocycles. The van der Waals surface area contributed by atoms with Gasteiger partial charge in [0.25, 0.3) is 0 Å². The Kier molecular flexibility index (Phi) is 12.0. The molecule has 11 nitrogen and oxygen atoms in total. The van der Waals surface area contributed by atoms with Gasteiger partial charge in [-0.15, -0.1) is 0 Å². The number of H-pyrrole nitrogens is 1. The number of rotatable bonds is 17. The first-order valence-electron chi connectivity index (χ1n) is 15.6. The lowest BCUT2D eigenvalue weighted by Crippen LogP contribution is -2.49. The third-order valence-corrected chi connectivity index (χ3v) is 11.2. The van der Waals surface area contributed by atoms with Crippen molar-refractivity contribution in [3.05, 3.63) is 96.2 Å². The summed E-state index contributed by atoms with van der Waals surface area (Å²) in [4.78, 5) is 29.3. The summed E-state index contributed by atoms with van der Waals surface area (Å²) in [6.07, 6.45) is 2.81. The van der Waals surface area contributed by atoms with Gasteiger partial charge in [-0.3, -0.25) is 9.59 Å². The van der Waals surface area contributed by atoms with Gasteiger partial charge in [0, 0.05) is 30.2 Å². The van der Waals surface area contributed by atoms with Crippen molar-refractivity contribution >= 4 is 42.8 Å². The van der Waals surface area contributed by atoms with Crippen molar-refractivity contribution in [1.29, 1.82) is 0 Å². The van der Waals surface area contributed by atoms with Crippen molar-refractivity contribution in [3.63, 3.8) is 0 Å². The number of nitrogens with one attached hydrogen (secondary N) is 3. The van der Waals surface area contributed by atoms with Crippen molar-refractivity contribution in [2.45, 2.75) is 68.3 Å². The molecule has 0 aliphatic rings. The van der Waals surface area contributed by atoms with Crippen LogP contribution in [-0.2, 0) is 36.1 Å². The molecule has 2 atom stereocenters. The van der Waals surface area contributed by atoms with Crippen molar-refractivity contribution in [1.82, 2.24) is 19.3 Å². The predicted molar refractivity (Wildman–Crippen MR) is 182 cm³/mol. The van der Waals surface area contributed by atoms with Gasteiger partial charge in [0.2, 0.25) is 31.9 Å². The number of unbranched alkanes of at least 4 members (excludes halogenated alkanes) is 1. The molecule has 0 radical (unpaired) electrons. The van der Waals surface area contributed by atoms with Crippen molar-refractivity contribution in [2.75, 3.05) is 13.1 Å². The van der Waals surface area contributed by atoms with E-state index >= 15 is 0 Å². The van der Waals surface area contributed by atoms with Crippen LogP contribution in [0.1, 0.15) is 44.2 Å². The number of para-hydroxylation sites is 1. The van der Waals surface area contributed by atoms with E-state index in [4.69, 9.17) is 5.73 Å². The highest BCUT2D eigenvalue weighted by Gasteiger charge is 2.35. The van der Waals surface area contributed by atoms with Gasteiger partial charge < -0.3 is 16.0 Å². The number of primary amides is 1. The predicted octanol–water partition coefficient (Wildman–Crippen LogP) is 3.85. The molecule has 252 valence electrons. The second kappa shape index (κ2) is 15.7. The smallest absolute Gasteiger partial charge is 0.243 e. The fraction of sp³-hybridized carbons (Fsp3) is 0.353. The van der Waals surface area contributed by atoms with E-state index in [1.54, 1.807) is 36.5 Å². The Hall–Kier alpha value is -4.04. The number of sulfonamides is 2. The Bertz CT molecular complexity index is 1870. The number of benzene rings is 3. The van der Waals surface area contributed by atoms with Gasteiger partial charge in [0.15, 0.2) is 0 Å². The second-order valence-electron chi connectivity index (χ2n) is 12.0. The van der Waals surface area contributed by atoms with Gasteiger partial charge in [0.05, 0.1) is 9.79 Å². The summed E-state index contributed by atoms with van der Waals surface area (Å²) < 4.78 is 57.4. The molecule has 0 saturated carbocycles. The molecule has 0 aliphatic heterocycles. The quantitative estimate of drug-likeness (QED) is 0.123. The number of aromatic amines is 1. The highest BCUT2D eigenvalue weighted by Crippen LogP contribution is 2.24. The van der Waals surface area contributed by atoms with Crippen LogP contribution in [0.2, 0.25) is 0 Å². The normalized spacial score (nSPS) is 13.6. The summed E-state index contributed by atoms with van der Waals surface area (Å²) in [7, 11) is -8.02. The molecule has 4 rings (SSSR count). The van der Waals surface area contributed by atoms with Gasteiger partial charge >= 0.3 is 0 Å². The number of amides is 2. The van der Waals surface area contributed by atoms with Gasteiger partial charge in [-0.1, -0.05) is 67.9 Å². The first-order chi connectivity index (χ1) is 22.3. The Balaban J connectivity index is 1.44. The molecule has 0 unspecified atom stereocenters. The van der Waals surface area contributed by atoms with Crippen LogP contribution in [0.15, 0.2) is 94.9 Å². The molecular formula is C34H43N5O6S2. The number of aromatic nitrogens is 1. The minimum absolute atomic E-state index is 0.0424. The summed E-state index contributed by atoms with van der Waals surface area (Å²) in [5.41, 5.74) is 8.30. The maximum absolute atomic E-state index is 13.6. The molecule has 0 spiro atoms. The van der Waals surface area contributed by atoms with Gasteiger partial charge in [-0.05, 0) is 74.4 Å². The third kappa shape index (κ3) is 9.28. The minimum atomic E-state index is -4.01. The van der Waals surface area contributed by atoms with Crippen LogP contribution >= 0.6 is 0 Å². The fourth-order valence-electron chi connectivity index (χ4n) is 5.39. The number of hydrogen-bond donors (Lipinski definition) is 4. The second-order valence-corrected chi connectivity index (χ2v) is 15.6. The SMILES string of the molecule is Cc1ccc(S(=O)(=O)N(CC(C)C)[C@@H](CCCCNC(=O)[C@H](Cc2c[nH]c3ccccc23)NS(=O)(=O)c2ccccc2)C(N)=O)cc1. The van der Waals surface area contributed by atoms with Crippen LogP contribution in [0, 0.1) is 12.8 Å². The highest BCUT2D eigenvalue weighted by atomic mass is 32.2. The van der Waals surface area contributed by atoms with Gasteiger partial charge in [-0.25, -0.2) is 16.8 Å². The van der Waals surface area contributed by atoms with Crippen LogP contribution in [0.5, 0.6) is 0 Å². The molecule has 0 aliphatic carbocycles. The Morgan fingerprint density at radius 2 is 1.53 bits per heavy atom. The largest absolute Gasteiger partial charge is 0.368 e. The molecule has 3 aromatic carbocycles. The number of nitrogens with zero attached hydrogens (tertiary/aromatic N) is 1. The summed E-state index contributed by atoms with van der Waals surface area (Å²) in [6, 6.07) is 19.6. The molecule has 1 heterocycles. The first-order valence-corrected chi connectivity index (χ1v) is 18.5. The van der Waals surface area contributed by atoms with E-state index in [1.165, 1.54) is 28.6 Å². The monoisotopic (exact) mass is 681 g/mol. The Morgan fingerprint density at radius 1 is 0.872 bits per heavy atom. The lowest BCUT2D eigenvalue weighted by Gasteiger charge is -2.30. The van der Waals surface area contributed by atoms with E-state index in [2.05, 4.69) is 15.0 Å². The van der Waals surface area contributed by atoms with Gasteiger partial charge in [0.1, 0.15) is 12.1 Å². The van der Waals surface area contributed by atoms with Crippen molar-refractivity contribution < 1.29 is 26.4 Å². The topological polar surface area (TPSA) is 172 Å². The molecule has 0 fully saturated rings. The van der Waals surface area contributed by atoms with E-state index in [0.29, 0.717) is 12.8 Å². The summed E-state index contributed by atoms with van der Waals surface area (Å²) in [5, 5.41) is 3.70. The number of carbonyl (C=O) groups is 2. The Morgan fingerprint density at radius 3 is 2.19 bits per heavy atom. The summed E-state index contributed by atoms with van der Waals surface area (Å²) >= 11 is 0. The first kappa shape index (κ1) is 35.8. The third-order valence-electron chi connectivity index (χ3n) is 7.82. The molecular weight excluding hydrogens is 639 g/mol. The summed E-state index contributed by atoms with van der Waals surface area (Å²) in [5.74, 6) is -1.32. The van der Waals surface area contributed by atoms with Crippen LogP contribution in [0.4, 0.5) is 0 Å². The molecule has 2 amide bonds. The maximum atomic E-state index is 13.6. The molecule has 0 bridgehead atoms. The average Bonchev–Trinajstić information content (AvgIpc) is 3.44. The molecule has 5 N–H and O–H groups in total. The fourth-order valence-corrected chi connectivity index (χ4v) is 8.39. The van der Waals surface area contributed by atoms with E-state index < -0.39 is 43.9 Å². The number of hydrogen-bond acceptors (Lipinski definition) is 6. The van der Waals surface area contributed by atoms with Crippen LogP contribution in [-0.4, -0.2) is 63.1 Å². The van der Waals surface area contributed by atoms with Crippen molar-refractivity contribution in [2.24, 2.45) is 11.7 Å². The molecule has 4 aromatic rings. The molecule has 13 heteroatoms. The highest BCUT2D eigenvalue weighted by molar-refractivity contribution is 7.89. The van der Waals surface area contributed by atoms with Crippen LogP contribution in [0.25, 0.3) is 10.9 Å². The minimum Gasteiger partial charge on any atom is -0.368 e. The maximum Gasteiger partial charge on any atom is 0.243 e. The van der Waals surface area contributed by atoms with E-state index in [0.717, 1.165) is 22.0 Å². The van der Waals surface area contributed by atoms with Crippen LogP contribution in [0.3, 0.4) is 0 Å². The zero-order chi connectivity index (χ0) is 34.2. The zero-order valence-electron chi connectivity index (χ0n) is 26.8. The molecule has 47 heavy (non-hydrogen) atoms. The van der Waals surface area contributed by atoms with E-state index in [-0.39, 0.29) is 41.6 Å². The average molecular weight is 682 g/mol. The zero-order valence-corrected chi connectivity index (χ0v) is 28.5. The number of aryl methyl sites for hydroxylation is 1. The number of fused-ring (bicyclic) bond motifs is 1.